The Bertz CT molecular complexity index is 2490. The first kappa shape index (κ1) is 27.6. The number of fused-ring (bicyclic) bond motifs is 4. The van der Waals surface area contributed by atoms with Crippen LogP contribution in [0.1, 0.15) is 20.7 Å². The van der Waals surface area contributed by atoms with E-state index >= 15 is 0 Å². The molecule has 0 spiro atoms. The molecule has 0 bridgehead atoms. The molecule has 0 atom stereocenters. The summed E-state index contributed by atoms with van der Waals surface area (Å²) < 4.78 is 2.07. The number of rotatable bonds is 5. The number of aromatic nitrogens is 4. The predicted molar refractivity (Wildman–Crippen MR) is 188 cm³/mol. The molecule has 0 radical (unpaired) electrons. The SMILES string of the molecule is O=C1c2cccc(-n3c4ccccc4c4cc(-c5nc(-c6ccccc6)nc(-c6ccccc6)n5)ccc43)c2C(=O)N1c1ccccc1. The van der Waals surface area contributed by atoms with Crippen LogP contribution in [0.25, 0.3) is 61.7 Å². The van der Waals surface area contributed by atoms with Gasteiger partial charge in [-0.25, -0.2) is 19.9 Å². The Morgan fingerprint density at radius 1 is 0.438 bits per heavy atom. The van der Waals surface area contributed by atoms with E-state index in [1.165, 1.54) is 4.90 Å². The predicted octanol–water partition coefficient (Wildman–Crippen LogP) is 8.77. The van der Waals surface area contributed by atoms with Crippen LogP contribution in [0.3, 0.4) is 0 Å². The van der Waals surface area contributed by atoms with Crippen molar-refractivity contribution in [3.05, 3.63) is 163 Å². The van der Waals surface area contributed by atoms with E-state index in [0.29, 0.717) is 40.0 Å². The Morgan fingerprint density at radius 3 is 1.67 bits per heavy atom. The second-order valence-corrected chi connectivity index (χ2v) is 11.6. The van der Waals surface area contributed by atoms with Crippen LogP contribution in [-0.4, -0.2) is 31.3 Å². The van der Waals surface area contributed by atoms with Crippen LogP contribution < -0.4 is 4.90 Å². The summed E-state index contributed by atoms with van der Waals surface area (Å²) in [6.07, 6.45) is 0. The number of hydrogen-bond donors (Lipinski definition) is 0. The van der Waals surface area contributed by atoms with E-state index in [1.54, 1.807) is 18.2 Å². The average Bonchev–Trinajstić information content (AvgIpc) is 3.62. The Morgan fingerprint density at radius 2 is 1.00 bits per heavy atom. The number of anilines is 1. The lowest BCUT2D eigenvalue weighted by molar-refractivity contribution is 0.0926. The van der Waals surface area contributed by atoms with Gasteiger partial charge in [0.2, 0.25) is 0 Å². The third-order valence-corrected chi connectivity index (χ3v) is 8.78. The summed E-state index contributed by atoms with van der Waals surface area (Å²) in [6.45, 7) is 0. The third kappa shape index (κ3) is 4.33. The smallest absolute Gasteiger partial charge is 0.268 e. The minimum absolute atomic E-state index is 0.329. The minimum atomic E-state index is -0.341. The highest BCUT2D eigenvalue weighted by atomic mass is 16.2. The van der Waals surface area contributed by atoms with E-state index in [4.69, 9.17) is 15.0 Å². The molecule has 7 heteroatoms. The molecular weight excluding hydrogens is 594 g/mol. The summed E-state index contributed by atoms with van der Waals surface area (Å²) >= 11 is 0. The van der Waals surface area contributed by atoms with Gasteiger partial charge in [0.25, 0.3) is 11.8 Å². The molecule has 0 unspecified atom stereocenters. The van der Waals surface area contributed by atoms with Crippen LogP contribution >= 0.6 is 0 Å². The molecule has 1 aliphatic rings. The van der Waals surface area contributed by atoms with Crippen LogP contribution in [0, 0.1) is 0 Å². The van der Waals surface area contributed by atoms with E-state index < -0.39 is 0 Å². The number of carbonyl (C=O) groups is 2. The molecule has 0 fully saturated rings. The monoisotopic (exact) mass is 619 g/mol. The van der Waals surface area contributed by atoms with Crippen molar-refractivity contribution >= 4 is 39.3 Å². The lowest BCUT2D eigenvalue weighted by Crippen LogP contribution is -2.29. The van der Waals surface area contributed by atoms with Crippen LogP contribution in [-0.2, 0) is 0 Å². The molecule has 8 aromatic rings. The van der Waals surface area contributed by atoms with Gasteiger partial charge in [0.15, 0.2) is 17.5 Å². The minimum Gasteiger partial charge on any atom is -0.308 e. The summed E-state index contributed by atoms with van der Waals surface area (Å²) in [5, 5.41) is 1.98. The molecule has 2 amide bonds. The number of carbonyl (C=O) groups excluding carboxylic acids is 2. The van der Waals surface area contributed by atoms with Crippen molar-refractivity contribution < 1.29 is 9.59 Å². The zero-order valence-electron chi connectivity index (χ0n) is 25.5. The molecule has 1 aliphatic heterocycles. The van der Waals surface area contributed by atoms with Gasteiger partial charge < -0.3 is 4.57 Å². The van der Waals surface area contributed by atoms with Gasteiger partial charge in [0.1, 0.15) is 0 Å². The highest BCUT2D eigenvalue weighted by Gasteiger charge is 2.39. The molecule has 0 saturated heterocycles. The lowest BCUT2D eigenvalue weighted by atomic mass is 10.1. The van der Waals surface area contributed by atoms with Crippen molar-refractivity contribution in [2.45, 2.75) is 0 Å². The molecule has 48 heavy (non-hydrogen) atoms. The molecule has 9 rings (SSSR count). The van der Waals surface area contributed by atoms with Crippen molar-refractivity contribution in [1.82, 2.24) is 19.5 Å². The first-order chi connectivity index (χ1) is 23.7. The normalized spacial score (nSPS) is 12.6. The van der Waals surface area contributed by atoms with Gasteiger partial charge in [0.05, 0.1) is 33.5 Å². The van der Waals surface area contributed by atoms with Gasteiger partial charge in [-0.05, 0) is 48.5 Å². The second-order valence-electron chi connectivity index (χ2n) is 11.6. The first-order valence-corrected chi connectivity index (χ1v) is 15.6. The number of para-hydroxylation sites is 2. The molecule has 226 valence electrons. The number of imide groups is 1. The van der Waals surface area contributed by atoms with Gasteiger partial charge in [-0.15, -0.1) is 0 Å². The van der Waals surface area contributed by atoms with E-state index in [1.807, 2.05) is 121 Å². The van der Waals surface area contributed by atoms with Crippen LogP contribution in [0.4, 0.5) is 5.69 Å². The summed E-state index contributed by atoms with van der Waals surface area (Å²) in [5.41, 5.74) is 6.42. The largest absolute Gasteiger partial charge is 0.308 e. The summed E-state index contributed by atoms with van der Waals surface area (Å²) in [4.78, 5) is 43.6. The number of hydrogen-bond acceptors (Lipinski definition) is 5. The van der Waals surface area contributed by atoms with E-state index in [9.17, 15) is 9.59 Å². The van der Waals surface area contributed by atoms with Crippen molar-refractivity contribution in [3.8, 4) is 39.9 Å². The highest BCUT2D eigenvalue weighted by molar-refractivity contribution is 6.35. The fraction of sp³-hybridized carbons (Fsp3) is 0. The van der Waals surface area contributed by atoms with E-state index in [-0.39, 0.29) is 11.8 Å². The Balaban J connectivity index is 1.24. The maximum Gasteiger partial charge on any atom is 0.268 e. The van der Waals surface area contributed by atoms with E-state index in [0.717, 1.165) is 38.5 Å². The first-order valence-electron chi connectivity index (χ1n) is 15.6. The Labute approximate surface area is 275 Å². The van der Waals surface area contributed by atoms with Crippen LogP contribution in [0.15, 0.2) is 152 Å². The molecule has 0 N–H and O–H groups in total. The zero-order valence-corrected chi connectivity index (χ0v) is 25.5. The molecule has 0 saturated carbocycles. The summed E-state index contributed by atoms with van der Waals surface area (Å²) in [5.74, 6) is 1.07. The fourth-order valence-corrected chi connectivity index (χ4v) is 6.57. The highest BCUT2D eigenvalue weighted by Crippen LogP contribution is 2.39. The Hall–Kier alpha value is -6.73. The van der Waals surface area contributed by atoms with Crippen molar-refractivity contribution in [2.24, 2.45) is 0 Å². The summed E-state index contributed by atoms with van der Waals surface area (Å²) in [6, 6.07) is 48.6. The maximum atomic E-state index is 14.0. The van der Waals surface area contributed by atoms with Crippen molar-refractivity contribution in [1.29, 1.82) is 0 Å². The zero-order chi connectivity index (χ0) is 32.2. The molecule has 0 aliphatic carbocycles. The number of nitrogens with zero attached hydrogens (tertiary/aromatic N) is 5. The van der Waals surface area contributed by atoms with Gasteiger partial charge in [0, 0.05) is 27.5 Å². The Kier molecular flexibility index (Phi) is 6.30. The molecule has 3 heterocycles. The maximum absolute atomic E-state index is 14.0. The molecule has 7 nitrogen and oxygen atoms in total. The van der Waals surface area contributed by atoms with Crippen molar-refractivity contribution in [3.63, 3.8) is 0 Å². The molecule has 2 aromatic heterocycles. The van der Waals surface area contributed by atoms with Gasteiger partial charge in [-0.1, -0.05) is 103 Å². The van der Waals surface area contributed by atoms with Crippen molar-refractivity contribution in [2.75, 3.05) is 4.90 Å². The second kappa shape index (κ2) is 11.0. The third-order valence-electron chi connectivity index (χ3n) is 8.78. The van der Waals surface area contributed by atoms with Crippen LogP contribution in [0.5, 0.6) is 0 Å². The van der Waals surface area contributed by atoms with Crippen LogP contribution in [0.2, 0.25) is 0 Å². The lowest BCUT2D eigenvalue weighted by Gasteiger charge is -2.14. The summed E-state index contributed by atoms with van der Waals surface area (Å²) in [7, 11) is 0. The molecule has 6 aromatic carbocycles. The van der Waals surface area contributed by atoms with E-state index in [2.05, 4.69) is 16.7 Å². The number of amides is 2. The average molecular weight is 620 g/mol. The fourth-order valence-electron chi connectivity index (χ4n) is 6.57. The van der Waals surface area contributed by atoms with Gasteiger partial charge >= 0.3 is 0 Å². The quantitative estimate of drug-likeness (QED) is 0.180. The number of benzene rings is 6. The standard InChI is InChI=1S/C41H25N5O2/c47-40-31-20-12-22-35(36(31)41(48)45(40)29-17-8-3-9-18-29)46-33-21-11-10-19-30(33)32-25-28(23-24-34(32)46)39-43-37(26-13-4-1-5-14-26)42-38(44-39)27-15-6-2-7-16-27/h1-25H. The van der Waals surface area contributed by atoms with Gasteiger partial charge in [-0.2, -0.15) is 0 Å². The van der Waals surface area contributed by atoms with Gasteiger partial charge in [-0.3, -0.25) is 9.59 Å². The molecular formula is C41H25N5O2. The topological polar surface area (TPSA) is 81.0 Å².